The SMILES string of the molecule is O=C(O)C(CF)(CF)C(CF)(CF)C(CF)(CF)C(CF)(CF)C(CF)(CF)C(CF)(CF)C(CF)(CF)C(CF)(CF)CF. The Morgan fingerprint density at radius 3 is 0.667 bits per heavy atom. The zero-order valence-electron chi connectivity index (χ0n) is 23.8. The highest BCUT2D eigenvalue weighted by molar-refractivity contribution is 5.77. The second kappa shape index (κ2) is 16.4. The molecule has 0 aromatic carbocycles. The van der Waals surface area contributed by atoms with Gasteiger partial charge in [-0.25, -0.2) is 8.78 Å². The molecule has 0 aliphatic rings. The molecule has 0 fully saturated rings. The summed E-state index contributed by atoms with van der Waals surface area (Å²) in [7, 11) is 0. The van der Waals surface area contributed by atoms with Gasteiger partial charge in [0.05, 0.1) is 102 Å². The van der Waals surface area contributed by atoms with Crippen LogP contribution in [-0.2, 0) is 4.79 Å². The molecule has 270 valence electrons. The number of hydrogen-bond acceptors (Lipinski definition) is 1. The van der Waals surface area contributed by atoms with E-state index in [1.54, 1.807) is 0 Å². The van der Waals surface area contributed by atoms with Crippen molar-refractivity contribution >= 4 is 5.97 Å². The lowest BCUT2D eigenvalue weighted by atomic mass is 9.33. The molecule has 0 saturated carbocycles. The first-order chi connectivity index (χ1) is 21.2. The summed E-state index contributed by atoms with van der Waals surface area (Å²) >= 11 is 0. The Kier molecular flexibility index (Phi) is 15.8. The topological polar surface area (TPSA) is 37.3 Å². The third kappa shape index (κ3) is 4.90. The van der Waals surface area contributed by atoms with Gasteiger partial charge < -0.3 is 5.11 Å². The van der Waals surface area contributed by atoms with E-state index in [9.17, 15) is 49.4 Å². The summed E-state index contributed by atoms with van der Waals surface area (Å²) in [4.78, 5) is 12.1. The van der Waals surface area contributed by atoms with Gasteiger partial charge in [-0.1, -0.05) is 0 Å². The molecule has 0 spiro atoms. The smallest absolute Gasteiger partial charge is 0.315 e. The van der Waals surface area contributed by atoms with Crippen molar-refractivity contribution < 1.29 is 84.5 Å². The van der Waals surface area contributed by atoms with Gasteiger partial charge in [0.2, 0.25) is 0 Å². The van der Waals surface area contributed by atoms with E-state index < -0.39 is 163 Å². The maximum Gasteiger partial charge on any atom is 0.315 e. The van der Waals surface area contributed by atoms with Crippen molar-refractivity contribution in [2.24, 2.45) is 43.3 Å². The van der Waals surface area contributed by atoms with Crippen molar-refractivity contribution in [3.8, 4) is 0 Å². The highest BCUT2D eigenvalue weighted by Gasteiger charge is 2.83. The molecule has 0 aromatic heterocycles. The molecule has 0 rings (SSSR count). The fourth-order valence-electron chi connectivity index (χ4n) is 7.21. The van der Waals surface area contributed by atoms with Gasteiger partial charge in [0, 0.05) is 16.2 Å². The molecule has 19 heteroatoms. The molecule has 0 aliphatic carbocycles. The predicted octanol–water partition coefficient (Wildman–Crippen LogP) is 7.44. The van der Waals surface area contributed by atoms with E-state index in [4.69, 9.17) is 0 Å². The standard InChI is InChI=1S/C26H35F17O2/c27-1-19(2-28,3-29)21(6-32,7-33)23(10-36,11-37)25(14-40,15-41)26(16-42,17-43)24(12-38,13-39)22(8-34,9-35)20(4-30,5-31)18(44)45/h1-17H2,(H,44,45). The summed E-state index contributed by atoms with van der Waals surface area (Å²) in [5.41, 5.74) is -36.5. The lowest BCUT2D eigenvalue weighted by Gasteiger charge is -2.69. The summed E-state index contributed by atoms with van der Waals surface area (Å²) < 4.78 is 254. The Morgan fingerprint density at radius 2 is 0.511 bits per heavy atom. The van der Waals surface area contributed by atoms with Crippen LogP contribution in [0.25, 0.3) is 0 Å². The average Bonchev–Trinajstić information content (AvgIpc) is 3.08. The highest BCUT2D eigenvalue weighted by Crippen LogP contribution is 2.74. The molecule has 0 heterocycles. The van der Waals surface area contributed by atoms with E-state index in [1.807, 2.05) is 0 Å². The van der Waals surface area contributed by atoms with Gasteiger partial charge in [0.1, 0.15) is 38.8 Å². The zero-order chi connectivity index (χ0) is 35.6. The molecule has 0 radical (unpaired) electrons. The first-order valence-corrected chi connectivity index (χ1v) is 13.0. The van der Waals surface area contributed by atoms with Crippen LogP contribution in [0.2, 0.25) is 0 Å². The Labute approximate surface area is 248 Å². The quantitative estimate of drug-likeness (QED) is 0.101. The predicted molar refractivity (Wildman–Crippen MR) is 129 cm³/mol. The molecule has 0 unspecified atom stereocenters. The Morgan fingerprint density at radius 1 is 0.311 bits per heavy atom. The van der Waals surface area contributed by atoms with E-state index in [0.717, 1.165) is 0 Å². The van der Waals surface area contributed by atoms with Crippen molar-refractivity contribution in [2.45, 2.75) is 0 Å². The normalized spacial score (nSPS) is 14.7. The van der Waals surface area contributed by atoms with Crippen molar-refractivity contribution in [1.29, 1.82) is 0 Å². The summed E-state index contributed by atoms with van der Waals surface area (Å²) in [5, 5.41) is 9.63. The minimum atomic E-state index is -4.85. The second-order valence-corrected chi connectivity index (χ2v) is 11.4. The van der Waals surface area contributed by atoms with Crippen LogP contribution in [-0.4, -0.2) is 125 Å². The van der Waals surface area contributed by atoms with Crippen LogP contribution in [0.5, 0.6) is 0 Å². The van der Waals surface area contributed by atoms with E-state index in [0.29, 0.717) is 0 Å². The van der Waals surface area contributed by atoms with Crippen molar-refractivity contribution in [3.05, 3.63) is 0 Å². The van der Waals surface area contributed by atoms with Gasteiger partial charge in [-0.3, -0.25) is 70.7 Å². The minimum Gasteiger partial charge on any atom is -0.481 e. The van der Waals surface area contributed by atoms with Gasteiger partial charge >= 0.3 is 5.97 Å². The number of halogens is 17. The largest absolute Gasteiger partial charge is 0.481 e. The molecule has 2 nitrogen and oxygen atoms in total. The number of carbonyl (C=O) groups is 1. The number of rotatable bonds is 25. The molecule has 0 amide bonds. The third-order valence-corrected chi connectivity index (χ3v) is 10.9. The molecule has 0 atom stereocenters. The van der Waals surface area contributed by atoms with Crippen LogP contribution in [0.4, 0.5) is 74.6 Å². The monoisotopic (exact) mass is 702 g/mol. The van der Waals surface area contributed by atoms with Crippen molar-refractivity contribution in [2.75, 3.05) is 113 Å². The van der Waals surface area contributed by atoms with Crippen LogP contribution in [0.3, 0.4) is 0 Å². The molecular weight excluding hydrogens is 667 g/mol. The summed E-state index contributed by atoms with van der Waals surface area (Å²) in [6.45, 7) is -50.3. The molecular formula is C26H35F17O2. The second-order valence-electron chi connectivity index (χ2n) is 11.4. The van der Waals surface area contributed by atoms with Crippen LogP contribution in [0, 0.1) is 43.3 Å². The Balaban J connectivity index is 9.25. The fraction of sp³-hybridized carbons (Fsp3) is 0.962. The lowest BCUT2D eigenvalue weighted by Crippen LogP contribution is -2.79. The van der Waals surface area contributed by atoms with Gasteiger partial charge in [0.25, 0.3) is 0 Å². The van der Waals surface area contributed by atoms with E-state index in [2.05, 4.69) is 0 Å². The van der Waals surface area contributed by atoms with E-state index in [1.165, 1.54) is 0 Å². The highest BCUT2D eigenvalue weighted by atomic mass is 19.2. The number of aliphatic carboxylic acids is 1. The zero-order valence-corrected chi connectivity index (χ0v) is 23.8. The number of carboxylic acids is 1. The first kappa shape index (κ1) is 43.3. The van der Waals surface area contributed by atoms with Crippen LogP contribution in [0.15, 0.2) is 0 Å². The minimum absolute atomic E-state index is 2.63. The van der Waals surface area contributed by atoms with Crippen LogP contribution in [0.1, 0.15) is 0 Å². The number of hydrogen-bond donors (Lipinski definition) is 1. The molecule has 45 heavy (non-hydrogen) atoms. The molecule has 1 N–H and O–H groups in total. The number of alkyl halides is 17. The summed E-state index contributed by atoms with van der Waals surface area (Å²) in [5.74, 6) is -2.97. The molecule has 0 saturated heterocycles. The van der Waals surface area contributed by atoms with Crippen LogP contribution < -0.4 is 0 Å². The van der Waals surface area contributed by atoms with Gasteiger partial charge in [-0.15, -0.1) is 0 Å². The fourth-order valence-corrected chi connectivity index (χ4v) is 7.21. The van der Waals surface area contributed by atoms with E-state index in [-0.39, 0.29) is 0 Å². The van der Waals surface area contributed by atoms with Gasteiger partial charge in [-0.05, 0) is 0 Å². The first-order valence-electron chi connectivity index (χ1n) is 13.0. The lowest BCUT2D eigenvalue weighted by molar-refractivity contribution is -0.316. The number of carboxylic acid groups (broad SMARTS) is 1. The Hall–Kier alpha value is -1.72. The van der Waals surface area contributed by atoms with Gasteiger partial charge in [-0.2, -0.15) is 0 Å². The van der Waals surface area contributed by atoms with Crippen molar-refractivity contribution in [3.63, 3.8) is 0 Å². The third-order valence-electron chi connectivity index (χ3n) is 10.9. The Bertz CT molecular complexity index is 866. The molecule has 0 aliphatic heterocycles. The molecule has 0 bridgehead atoms. The maximum absolute atomic E-state index is 15.5. The van der Waals surface area contributed by atoms with Gasteiger partial charge in [0.15, 0.2) is 0 Å². The van der Waals surface area contributed by atoms with Crippen molar-refractivity contribution in [1.82, 2.24) is 0 Å². The van der Waals surface area contributed by atoms with E-state index >= 15 is 35.1 Å². The average molecular weight is 703 g/mol. The van der Waals surface area contributed by atoms with Crippen LogP contribution >= 0.6 is 0 Å². The summed E-state index contributed by atoms with van der Waals surface area (Å²) in [6.07, 6.45) is 0. The molecule has 0 aromatic rings. The maximum atomic E-state index is 15.5. The summed E-state index contributed by atoms with van der Waals surface area (Å²) in [6, 6.07) is 0.